The van der Waals surface area contributed by atoms with Gasteiger partial charge in [-0.3, -0.25) is 9.59 Å². The molecular weight excluding hydrogens is 554 g/mol. The summed E-state index contributed by atoms with van der Waals surface area (Å²) < 4.78 is 8.60. The van der Waals surface area contributed by atoms with Crippen LogP contribution >= 0.6 is 15.9 Å². The van der Waals surface area contributed by atoms with E-state index in [-0.39, 0.29) is 24.4 Å². The fraction of sp³-hybridized carbons (Fsp3) is 0.312. The molecular formula is C32H32BrN3O3. The van der Waals surface area contributed by atoms with E-state index in [0.29, 0.717) is 18.0 Å². The summed E-state index contributed by atoms with van der Waals surface area (Å²) in [4.78, 5) is 31.0. The number of amides is 2. The van der Waals surface area contributed by atoms with Gasteiger partial charge in [-0.2, -0.15) is 0 Å². The number of hydrogen-bond acceptors (Lipinski definition) is 3. The van der Waals surface area contributed by atoms with E-state index in [9.17, 15) is 9.59 Å². The van der Waals surface area contributed by atoms with Gasteiger partial charge < -0.3 is 19.5 Å². The third kappa shape index (κ3) is 4.52. The first-order valence-corrected chi connectivity index (χ1v) is 14.4. The van der Waals surface area contributed by atoms with Crippen LogP contribution < -0.4 is 10.1 Å². The van der Waals surface area contributed by atoms with Crippen molar-refractivity contribution < 1.29 is 14.3 Å². The molecule has 2 amide bonds. The number of benzene rings is 3. The normalized spacial score (nSPS) is 19.6. The molecule has 3 aromatic carbocycles. The summed E-state index contributed by atoms with van der Waals surface area (Å²) in [6, 6.07) is 25.6. The smallest absolute Gasteiger partial charge is 0.272 e. The van der Waals surface area contributed by atoms with E-state index in [1.165, 1.54) is 6.42 Å². The number of nitrogens with zero attached hydrogens (tertiary/aromatic N) is 2. The van der Waals surface area contributed by atoms with E-state index < -0.39 is 5.54 Å². The van der Waals surface area contributed by atoms with Crippen molar-refractivity contribution in [2.75, 3.05) is 7.11 Å². The summed E-state index contributed by atoms with van der Waals surface area (Å²) in [6.45, 7) is 0.538. The van der Waals surface area contributed by atoms with Crippen LogP contribution in [0.3, 0.4) is 0 Å². The number of carbonyl (C=O) groups excluding carboxylic acids is 2. The molecule has 0 spiro atoms. The van der Waals surface area contributed by atoms with Gasteiger partial charge in [-0.1, -0.05) is 83.7 Å². The molecule has 0 saturated heterocycles. The first-order chi connectivity index (χ1) is 19.0. The number of halogens is 1. The number of nitrogens with one attached hydrogen (secondary N) is 1. The van der Waals surface area contributed by atoms with Crippen molar-refractivity contribution in [3.05, 3.63) is 100 Å². The number of carbonyl (C=O) groups is 2. The lowest BCUT2D eigenvalue weighted by molar-refractivity contribution is -0.136. The number of methoxy groups -OCH3 is 1. The minimum Gasteiger partial charge on any atom is -0.496 e. The van der Waals surface area contributed by atoms with Crippen molar-refractivity contribution in [2.45, 2.75) is 56.8 Å². The van der Waals surface area contributed by atoms with Crippen LogP contribution in [0.25, 0.3) is 10.9 Å². The lowest BCUT2D eigenvalue weighted by atomic mass is 9.83. The average molecular weight is 587 g/mol. The molecule has 7 heteroatoms. The van der Waals surface area contributed by atoms with Crippen molar-refractivity contribution in [2.24, 2.45) is 0 Å². The second-order valence-corrected chi connectivity index (χ2v) is 11.5. The maximum Gasteiger partial charge on any atom is 0.272 e. The second-order valence-electron chi connectivity index (χ2n) is 10.6. The minimum atomic E-state index is -1.25. The Morgan fingerprint density at radius 2 is 1.74 bits per heavy atom. The van der Waals surface area contributed by atoms with Crippen LogP contribution in [0.4, 0.5) is 0 Å². The lowest BCUT2D eigenvalue weighted by Gasteiger charge is -2.47. The maximum absolute atomic E-state index is 14.7. The quantitative estimate of drug-likeness (QED) is 0.284. The molecule has 1 N–H and O–H groups in total. The van der Waals surface area contributed by atoms with Crippen LogP contribution in [0.2, 0.25) is 0 Å². The standard InChI is InChI=1S/C32H32BrN3O3/c1-39-29-17-16-25(33)18-23(29)20-36-30(37)28-19-22-10-8-9-15-27(22)35(28)21-32(36,24-11-4-2-5-12-24)31(38)34-26-13-6-3-7-14-26/h2,4-5,8-12,15-19,26H,3,6-7,13-14,20-21H2,1H3,(H,34,38)/t32-/m0/s1. The zero-order valence-electron chi connectivity index (χ0n) is 22.0. The van der Waals surface area contributed by atoms with Gasteiger partial charge in [0.05, 0.1) is 20.2 Å². The molecule has 6 rings (SSSR count). The van der Waals surface area contributed by atoms with Gasteiger partial charge in [0.1, 0.15) is 11.4 Å². The first kappa shape index (κ1) is 25.7. The molecule has 1 aliphatic heterocycles. The highest BCUT2D eigenvalue weighted by Crippen LogP contribution is 2.41. The largest absolute Gasteiger partial charge is 0.496 e. The Bertz CT molecular complexity index is 1530. The van der Waals surface area contributed by atoms with Crippen molar-refractivity contribution >= 4 is 38.6 Å². The Morgan fingerprint density at radius 3 is 2.51 bits per heavy atom. The molecule has 1 saturated carbocycles. The molecule has 1 aromatic heterocycles. The van der Waals surface area contributed by atoms with Crippen LogP contribution in [-0.2, 0) is 23.4 Å². The Kier molecular flexibility index (Phi) is 6.94. The summed E-state index contributed by atoms with van der Waals surface area (Å²) in [5.74, 6) is 0.361. The van der Waals surface area contributed by atoms with Gasteiger partial charge in [0.2, 0.25) is 0 Å². The van der Waals surface area contributed by atoms with Gasteiger partial charge in [0.15, 0.2) is 5.54 Å². The van der Waals surface area contributed by atoms with Gasteiger partial charge in [-0.25, -0.2) is 0 Å². The number of fused-ring (bicyclic) bond motifs is 3. The van der Waals surface area contributed by atoms with Crippen molar-refractivity contribution in [3.63, 3.8) is 0 Å². The molecule has 6 nitrogen and oxygen atoms in total. The zero-order chi connectivity index (χ0) is 27.0. The van der Waals surface area contributed by atoms with Gasteiger partial charge in [0, 0.05) is 27.0 Å². The highest BCUT2D eigenvalue weighted by molar-refractivity contribution is 9.10. The molecule has 200 valence electrons. The summed E-state index contributed by atoms with van der Waals surface area (Å²) in [7, 11) is 1.63. The molecule has 0 unspecified atom stereocenters. The topological polar surface area (TPSA) is 63.6 Å². The van der Waals surface area contributed by atoms with E-state index in [1.54, 1.807) is 12.0 Å². The van der Waals surface area contributed by atoms with E-state index in [2.05, 4.69) is 21.2 Å². The van der Waals surface area contributed by atoms with Crippen LogP contribution in [0.1, 0.15) is 53.7 Å². The fourth-order valence-electron chi connectivity index (χ4n) is 6.27. The Hall–Kier alpha value is -3.58. The fourth-order valence-corrected chi connectivity index (χ4v) is 6.68. The second kappa shape index (κ2) is 10.5. The number of hydrogen-bond donors (Lipinski definition) is 1. The third-order valence-electron chi connectivity index (χ3n) is 8.26. The highest BCUT2D eigenvalue weighted by Gasteiger charge is 2.53. The Morgan fingerprint density at radius 1 is 1.00 bits per heavy atom. The van der Waals surface area contributed by atoms with Crippen LogP contribution in [0, 0.1) is 0 Å². The summed E-state index contributed by atoms with van der Waals surface area (Å²) >= 11 is 3.58. The van der Waals surface area contributed by atoms with E-state index in [0.717, 1.165) is 52.2 Å². The first-order valence-electron chi connectivity index (χ1n) is 13.6. The van der Waals surface area contributed by atoms with Crippen LogP contribution in [0.15, 0.2) is 83.3 Å². The van der Waals surface area contributed by atoms with E-state index >= 15 is 0 Å². The number of para-hydroxylation sites is 1. The Labute approximate surface area is 237 Å². The van der Waals surface area contributed by atoms with E-state index in [4.69, 9.17) is 4.74 Å². The third-order valence-corrected chi connectivity index (χ3v) is 8.75. The molecule has 1 aliphatic carbocycles. The molecule has 39 heavy (non-hydrogen) atoms. The van der Waals surface area contributed by atoms with Gasteiger partial charge >= 0.3 is 0 Å². The molecule has 1 atom stereocenters. The molecule has 0 radical (unpaired) electrons. The number of ether oxygens (including phenoxy) is 1. The van der Waals surface area contributed by atoms with Crippen molar-refractivity contribution in [3.8, 4) is 5.75 Å². The van der Waals surface area contributed by atoms with Crippen LogP contribution in [0.5, 0.6) is 5.75 Å². The van der Waals surface area contributed by atoms with Gasteiger partial charge in [-0.05, 0) is 48.7 Å². The SMILES string of the molecule is COc1ccc(Br)cc1CN1C(=O)c2cc3ccccc3n2C[C@@]1(C(=O)NC1CCCCC1)c1ccccc1. The van der Waals surface area contributed by atoms with Crippen molar-refractivity contribution in [1.29, 1.82) is 0 Å². The van der Waals surface area contributed by atoms with Crippen molar-refractivity contribution in [1.82, 2.24) is 14.8 Å². The monoisotopic (exact) mass is 585 g/mol. The summed E-state index contributed by atoms with van der Waals surface area (Å²) in [6.07, 6.45) is 5.33. The predicted octanol–water partition coefficient (Wildman–Crippen LogP) is 6.41. The maximum atomic E-state index is 14.7. The number of aromatic nitrogens is 1. The summed E-state index contributed by atoms with van der Waals surface area (Å²) in [5, 5.41) is 4.37. The lowest BCUT2D eigenvalue weighted by Crippen LogP contribution is -2.64. The van der Waals surface area contributed by atoms with Gasteiger partial charge in [0.25, 0.3) is 11.8 Å². The zero-order valence-corrected chi connectivity index (χ0v) is 23.6. The molecule has 1 fully saturated rings. The van der Waals surface area contributed by atoms with Crippen LogP contribution in [-0.4, -0.2) is 34.4 Å². The van der Waals surface area contributed by atoms with E-state index in [1.807, 2.05) is 83.4 Å². The average Bonchev–Trinajstić information content (AvgIpc) is 3.34. The molecule has 2 aliphatic rings. The molecule has 0 bridgehead atoms. The summed E-state index contributed by atoms with van der Waals surface area (Å²) in [5.41, 5.74) is 1.91. The number of rotatable bonds is 6. The Balaban J connectivity index is 1.56. The predicted molar refractivity (Wildman–Crippen MR) is 156 cm³/mol. The minimum absolute atomic E-state index is 0.104. The molecule has 4 aromatic rings. The van der Waals surface area contributed by atoms with Gasteiger partial charge in [-0.15, -0.1) is 0 Å². The molecule has 2 heterocycles. The highest BCUT2D eigenvalue weighted by atomic mass is 79.9.